The van der Waals surface area contributed by atoms with Gasteiger partial charge in [-0.25, -0.2) is 0 Å². The average molecular weight is 909 g/mol. The zero-order chi connectivity index (χ0) is 36.5. The number of aromatic nitrogens is 1. The number of aliphatic hydroxyl groups is 1. The van der Waals surface area contributed by atoms with Crippen LogP contribution >= 0.6 is 0 Å². The number of allylic oxidation sites excluding steroid dienone is 3. The first-order chi connectivity index (χ1) is 23.7. The first-order valence-corrected chi connectivity index (χ1v) is 25.8. The van der Waals surface area contributed by atoms with Crippen molar-refractivity contribution in [3.8, 4) is 11.3 Å². The molecule has 2 aliphatic carbocycles. The number of benzene rings is 3. The van der Waals surface area contributed by atoms with Crippen LogP contribution in [0.1, 0.15) is 109 Å². The molecule has 267 valence electrons. The van der Waals surface area contributed by atoms with Crippen LogP contribution in [0.2, 0.25) is 17.3 Å². The van der Waals surface area contributed by atoms with E-state index in [1.54, 1.807) is 0 Å². The summed E-state index contributed by atoms with van der Waals surface area (Å²) in [6.07, 6.45) is 7.67. The quantitative estimate of drug-likeness (QED) is 0.0746. The largest absolute Gasteiger partial charge is 0 e. The molecular weight excluding hydrogens is 851 g/mol. The minimum absolute atomic E-state index is 0. The number of carbonyl (C=O) groups is 1. The van der Waals surface area contributed by atoms with Crippen molar-refractivity contribution in [1.29, 1.82) is 0 Å². The molecule has 0 spiro atoms. The number of nitrogens with zero attached hydrogens (tertiary/aromatic N) is 1. The zero-order valence-electron chi connectivity index (χ0n) is 32.8. The van der Waals surface area contributed by atoms with Gasteiger partial charge in [0.2, 0.25) is 0 Å². The minimum atomic E-state index is -1.91. The summed E-state index contributed by atoms with van der Waals surface area (Å²) < 4.78 is 10.8. The molecule has 1 heterocycles. The van der Waals surface area contributed by atoms with Crippen molar-refractivity contribution in [3.63, 3.8) is 0 Å². The Morgan fingerprint density at radius 3 is 2.18 bits per heavy atom. The fourth-order valence-electron chi connectivity index (χ4n) is 7.93. The van der Waals surface area contributed by atoms with Gasteiger partial charge < -0.3 is 5.11 Å². The van der Waals surface area contributed by atoms with E-state index in [1.807, 2.05) is 40.0 Å². The van der Waals surface area contributed by atoms with Crippen molar-refractivity contribution < 1.29 is 31.4 Å². The second-order valence-electron chi connectivity index (χ2n) is 15.5. The Kier molecular flexibility index (Phi) is 12.5. The maximum Gasteiger partial charge on any atom is 0 e. The molecule has 0 amide bonds. The number of ketones is 1. The molecule has 0 fully saturated rings. The van der Waals surface area contributed by atoms with Crippen molar-refractivity contribution in [2.24, 2.45) is 11.8 Å². The minimum Gasteiger partial charge on any atom is 0 e. The fourth-order valence-corrected chi connectivity index (χ4v) is 10.4. The van der Waals surface area contributed by atoms with E-state index in [0.29, 0.717) is 12.0 Å². The van der Waals surface area contributed by atoms with Crippen LogP contribution in [0.15, 0.2) is 72.6 Å². The van der Waals surface area contributed by atoms with E-state index in [2.05, 4.69) is 92.6 Å². The molecular formula is C45H56GeIrNO2-. The van der Waals surface area contributed by atoms with Gasteiger partial charge in [-0.1, -0.05) is 33.8 Å². The Hall–Kier alpha value is -2.79. The van der Waals surface area contributed by atoms with Gasteiger partial charge in [0, 0.05) is 38.0 Å². The summed E-state index contributed by atoms with van der Waals surface area (Å²) in [5, 5.41) is 12.2. The standard InChI is InChI=1S/C32H32GeN.C13H24O2.Ir/c1-20(2)29-25-10-8-7-9-22(25)17-26-27(29)19-32(3)28(18-23-15-16-34-31(26)30(23)32)21-11-13-24(14-12-21)33(4,5)6;1-5-10(6-2)12(14)9-13(15)11(7-3)8-4;/h7-16,18,20H,19H2,1-6H3;9-11,14H,5-8H2,1-4H3;/q-1;;/b;12-9-;/i18D;;. The van der Waals surface area contributed by atoms with Crippen LogP contribution in [-0.2, 0) is 36.7 Å². The van der Waals surface area contributed by atoms with Crippen molar-refractivity contribution in [1.82, 2.24) is 4.98 Å². The number of aliphatic hydroxyl groups excluding tert-OH is 1. The van der Waals surface area contributed by atoms with Crippen LogP contribution in [0.25, 0.3) is 33.7 Å². The molecule has 4 aromatic rings. The Morgan fingerprint density at radius 1 is 0.980 bits per heavy atom. The van der Waals surface area contributed by atoms with Crippen molar-refractivity contribution in [3.05, 3.63) is 107 Å². The number of fused-ring (bicyclic) bond motifs is 3. The van der Waals surface area contributed by atoms with Gasteiger partial charge in [0.1, 0.15) is 0 Å². The summed E-state index contributed by atoms with van der Waals surface area (Å²) in [6.45, 7) is 15.0. The molecule has 1 atom stereocenters. The third kappa shape index (κ3) is 7.69. The molecule has 5 heteroatoms. The summed E-state index contributed by atoms with van der Waals surface area (Å²) in [5.74, 6) is 8.23. The van der Waals surface area contributed by atoms with Crippen LogP contribution < -0.4 is 4.40 Å². The number of hydrogen-bond donors (Lipinski definition) is 1. The molecule has 0 aliphatic heterocycles. The van der Waals surface area contributed by atoms with Gasteiger partial charge in [-0.2, -0.15) is 0 Å². The van der Waals surface area contributed by atoms with E-state index in [9.17, 15) is 11.3 Å². The molecule has 1 unspecified atom stereocenters. The second-order valence-corrected chi connectivity index (χ2v) is 26.2. The van der Waals surface area contributed by atoms with Crippen LogP contribution in [0.5, 0.6) is 0 Å². The molecule has 50 heavy (non-hydrogen) atoms. The van der Waals surface area contributed by atoms with Crippen molar-refractivity contribution >= 4 is 45.8 Å². The maximum absolute atomic E-state index is 11.7. The zero-order valence-corrected chi connectivity index (χ0v) is 36.2. The molecule has 6 rings (SSSR count). The normalized spacial score (nSPS) is 17.0. The third-order valence-electron chi connectivity index (χ3n) is 10.9. The van der Waals surface area contributed by atoms with Gasteiger partial charge in [-0.3, -0.25) is 4.79 Å². The molecule has 0 saturated heterocycles. The molecule has 1 radical (unpaired) electrons. The van der Waals surface area contributed by atoms with Gasteiger partial charge in [-0.05, 0) is 25.7 Å². The maximum atomic E-state index is 11.7. The van der Waals surface area contributed by atoms with Gasteiger partial charge in [-0.15, -0.1) is 0 Å². The SMILES string of the molecule is CCC(CC)C(=O)/C=C(\O)C(CC)CC.[2H]C1=C(c2cc[c]([Ge]([CH3])([CH3])[CH3])cc2)C2(C)Cc3c([c-]c4ccccc4c3C(C)C)-c3nccc1c32.[Ir]. The first kappa shape index (κ1) is 38.4. The van der Waals surface area contributed by atoms with E-state index in [1.165, 1.54) is 38.1 Å². The van der Waals surface area contributed by atoms with Crippen LogP contribution in [-0.4, -0.2) is 29.1 Å². The summed E-state index contributed by atoms with van der Waals surface area (Å²) in [6, 6.07) is 24.2. The van der Waals surface area contributed by atoms with Gasteiger partial charge in [0.15, 0.2) is 5.78 Å². The summed E-state index contributed by atoms with van der Waals surface area (Å²) >= 11 is -1.91. The molecule has 2 aliphatic rings. The van der Waals surface area contributed by atoms with Crippen LogP contribution in [0.3, 0.4) is 0 Å². The Balaban J connectivity index is 0.000000312. The third-order valence-corrected chi connectivity index (χ3v) is 15.2. The Labute approximate surface area is 319 Å². The Morgan fingerprint density at radius 2 is 1.60 bits per heavy atom. The number of rotatable bonds is 10. The predicted octanol–water partition coefficient (Wildman–Crippen LogP) is 11.6. The number of carbonyl (C=O) groups excluding carboxylic acids is 1. The van der Waals surface area contributed by atoms with E-state index in [-0.39, 0.29) is 48.9 Å². The first-order valence-electron chi connectivity index (χ1n) is 18.9. The number of pyridine rings is 1. The summed E-state index contributed by atoms with van der Waals surface area (Å²) in [7, 11) is 0. The van der Waals surface area contributed by atoms with Gasteiger partial charge in [0.05, 0.1) is 5.76 Å². The monoisotopic (exact) mass is 910 g/mol. The van der Waals surface area contributed by atoms with E-state index >= 15 is 0 Å². The molecule has 3 aromatic carbocycles. The van der Waals surface area contributed by atoms with E-state index < -0.39 is 13.3 Å². The molecule has 0 bridgehead atoms. The Bertz CT molecular complexity index is 1950. The summed E-state index contributed by atoms with van der Waals surface area (Å²) in [4.78, 5) is 16.7. The smallest absolute Gasteiger partial charge is 0 e. The van der Waals surface area contributed by atoms with Gasteiger partial charge >= 0.3 is 202 Å². The van der Waals surface area contributed by atoms with Crippen molar-refractivity contribution in [2.75, 3.05) is 0 Å². The van der Waals surface area contributed by atoms with Crippen LogP contribution in [0.4, 0.5) is 0 Å². The molecule has 1 N–H and O–H groups in total. The fraction of sp³-hybridized carbons (Fsp3) is 0.422. The van der Waals surface area contributed by atoms with Crippen LogP contribution in [0, 0.1) is 17.9 Å². The summed E-state index contributed by atoms with van der Waals surface area (Å²) in [5.41, 5.74) is 9.18. The predicted molar refractivity (Wildman–Crippen MR) is 212 cm³/mol. The average Bonchev–Trinajstić information content (AvgIpc) is 3.31. The topological polar surface area (TPSA) is 50.2 Å². The van der Waals surface area contributed by atoms with Crippen molar-refractivity contribution in [2.45, 2.75) is 109 Å². The molecule has 0 saturated carbocycles. The van der Waals surface area contributed by atoms with E-state index in [4.69, 9.17) is 4.98 Å². The van der Waals surface area contributed by atoms with E-state index in [0.717, 1.165) is 59.9 Å². The number of hydrogen-bond acceptors (Lipinski definition) is 3. The molecule has 3 nitrogen and oxygen atoms in total. The second kappa shape index (κ2) is 16.3. The van der Waals surface area contributed by atoms with Gasteiger partial charge in [0.25, 0.3) is 0 Å². The molecule has 1 aromatic heterocycles.